The van der Waals surface area contributed by atoms with Crippen molar-refractivity contribution in [1.29, 1.82) is 0 Å². The summed E-state index contributed by atoms with van der Waals surface area (Å²) in [5, 5.41) is 0. The van der Waals surface area contributed by atoms with Crippen LogP contribution in [0.1, 0.15) is 0 Å². The van der Waals surface area contributed by atoms with Crippen molar-refractivity contribution in [3.8, 4) is 0 Å². The summed E-state index contributed by atoms with van der Waals surface area (Å²) in [7, 11) is -45.4. The van der Waals surface area contributed by atoms with E-state index >= 15 is 0 Å². The van der Waals surface area contributed by atoms with Gasteiger partial charge in [0.05, 0.1) is 62.6 Å². The summed E-state index contributed by atoms with van der Waals surface area (Å²) in [6, 6.07) is 0. The fraction of sp³-hybridized carbons (Fsp3) is 0. The van der Waals surface area contributed by atoms with E-state index < -0.39 is 62.6 Å². The first kappa shape index (κ1) is 67.3. The molecule has 0 fully saturated rings. The Kier molecular flexibility index (Phi) is 42.6. The van der Waals surface area contributed by atoms with Gasteiger partial charge in [-0.25, -0.2) is 0 Å². The molecule has 0 aliphatic heterocycles. The molecule has 0 unspecified atom stereocenters. The summed E-state index contributed by atoms with van der Waals surface area (Å²) in [5.74, 6) is 0. The number of rotatable bonds is 8. The molecule has 0 spiro atoms. The molecule has 0 aliphatic rings. The predicted molar refractivity (Wildman–Crippen MR) is 88.2 cm³/mol. The zero-order valence-corrected chi connectivity index (χ0v) is 32.1. The van der Waals surface area contributed by atoms with Gasteiger partial charge in [0.25, 0.3) is 0 Å². The zero-order valence-electron chi connectivity index (χ0n) is 17.8. The van der Waals surface area contributed by atoms with Gasteiger partial charge < -0.3 is 132 Å². The van der Waals surface area contributed by atoms with Crippen molar-refractivity contribution >= 4 is 132 Å². The number of hydrogen-bond acceptors (Lipinski definition) is 28. The summed E-state index contributed by atoms with van der Waals surface area (Å²) < 4.78 is 84.7. The molecule has 0 heterocycles. The van der Waals surface area contributed by atoms with Crippen molar-refractivity contribution in [2.45, 2.75) is 0 Å². The average molecular weight is 895 g/mol. The first-order valence-corrected chi connectivity index (χ1v) is 17.5. The summed E-state index contributed by atoms with van der Waals surface area (Å²) >= 11 is 0. The van der Waals surface area contributed by atoms with Crippen LogP contribution >= 0.6 is 62.6 Å². The van der Waals surface area contributed by atoms with Gasteiger partial charge >= 0.3 is 95.6 Å². The Balaban J connectivity index is -0.0000000457. The van der Waals surface area contributed by atoms with Crippen LogP contribution in [0.2, 0.25) is 0 Å². The molecule has 224 valence electrons. The SMILES string of the molecule is O=P([O-])([O-])OP(=O)([O-])[O-].O=P([O-])([O-])OP(=O)([O-])[O-].O=P([O-])([O-])OP(=O)([O-])[O-].O=P([O-])([O-])OP(=O)([O-])[O-].[Al+3].[Al+3].[Al+3].[Al+3].[Zr+4]. The van der Waals surface area contributed by atoms with Crippen molar-refractivity contribution in [2.24, 2.45) is 0 Å². The minimum Gasteiger partial charge on any atom is -0.790 e. The van der Waals surface area contributed by atoms with Crippen LogP contribution in [0.4, 0.5) is 0 Å². The van der Waals surface area contributed by atoms with Gasteiger partial charge in [-0.2, -0.15) is 0 Å². The summed E-state index contributed by atoms with van der Waals surface area (Å²) in [4.78, 5) is 149. The molecule has 0 amide bonds. The minimum absolute atomic E-state index is 0. The Morgan fingerprint density at radius 2 is 0.293 bits per heavy atom. The molecule has 28 nitrogen and oxygen atoms in total. The van der Waals surface area contributed by atoms with E-state index in [-0.39, 0.29) is 95.6 Å². The fourth-order valence-corrected chi connectivity index (χ4v) is 4.41. The summed E-state index contributed by atoms with van der Waals surface area (Å²) in [5.41, 5.74) is 0. The standard InChI is InChI=1S/4Al.4H4O7P2.Zr/c;;;;4*1-8(2,3)7-9(4,5)6;/h;;;;4*(H2,1,2,3)(H2,4,5,6);/q4*+3;;;;;+4/p-16. The van der Waals surface area contributed by atoms with Gasteiger partial charge in [0.1, 0.15) is 0 Å². The van der Waals surface area contributed by atoms with E-state index in [0.29, 0.717) is 0 Å². The topological polar surface area (TPSA) is 542 Å². The molecule has 0 aromatic rings. The van der Waals surface area contributed by atoms with Crippen LogP contribution in [0.15, 0.2) is 0 Å². The van der Waals surface area contributed by atoms with Gasteiger partial charge in [0, 0.05) is 0 Å². The molecule has 0 saturated heterocycles. The maximum Gasteiger partial charge on any atom is 4.00 e. The molecule has 0 aromatic heterocycles. The van der Waals surface area contributed by atoms with Crippen molar-refractivity contribution in [3.63, 3.8) is 0 Å². The van der Waals surface area contributed by atoms with Crippen LogP contribution in [0.5, 0.6) is 0 Å². The van der Waals surface area contributed by atoms with E-state index in [4.69, 9.17) is 0 Å². The van der Waals surface area contributed by atoms with Gasteiger partial charge in [-0.05, 0) is 0 Å². The van der Waals surface area contributed by atoms with Gasteiger partial charge in [-0.3, -0.25) is 0 Å². The van der Waals surface area contributed by atoms with Crippen LogP contribution < -0.4 is 78.3 Å². The second-order valence-corrected chi connectivity index (χ2v) is 13.7. The van der Waals surface area contributed by atoms with Gasteiger partial charge in [0.2, 0.25) is 0 Å². The smallest absolute Gasteiger partial charge is 0.790 e. The number of phosphoric acid groups is 8. The van der Waals surface area contributed by atoms with E-state index in [1.165, 1.54) is 0 Å². The molecular weight excluding hydrogens is 895 g/mol. The largest absolute Gasteiger partial charge is 4.00 e. The molecule has 41 heteroatoms. The van der Waals surface area contributed by atoms with E-state index in [1.807, 2.05) is 0 Å². The Bertz CT molecular complexity index is 783. The van der Waals surface area contributed by atoms with Crippen molar-refractivity contribution in [3.05, 3.63) is 0 Å². The van der Waals surface area contributed by atoms with Gasteiger partial charge in [-0.15, -0.1) is 0 Å². The van der Waals surface area contributed by atoms with Crippen LogP contribution in [0.25, 0.3) is 0 Å². The molecule has 0 aromatic carbocycles. The average Bonchev–Trinajstić information content (AvgIpc) is 2.19. The summed E-state index contributed by atoms with van der Waals surface area (Å²) in [6.45, 7) is 0. The molecule has 41 heavy (non-hydrogen) atoms. The third kappa shape index (κ3) is 99.0. The second-order valence-electron chi connectivity index (χ2n) is 3.90. The minimum atomic E-state index is -5.68. The van der Waals surface area contributed by atoms with E-state index in [1.54, 1.807) is 0 Å². The van der Waals surface area contributed by atoms with Crippen molar-refractivity contribution < 1.29 is 158 Å². The molecule has 0 aliphatic carbocycles. The number of hydrogen-bond donors (Lipinski definition) is 0. The van der Waals surface area contributed by atoms with Crippen molar-refractivity contribution in [1.82, 2.24) is 0 Å². The van der Waals surface area contributed by atoms with Crippen LogP contribution in [0, 0.1) is 0 Å². The first-order chi connectivity index (χ1) is 14.8. The molecule has 0 atom stereocenters. The monoisotopic (exact) mass is 893 g/mol. The molecule has 0 saturated carbocycles. The third-order valence-corrected chi connectivity index (χ3v) is 7.20. The molecular formula is Al4O28P8Zr. The summed E-state index contributed by atoms with van der Waals surface area (Å²) in [6.07, 6.45) is 0. The molecule has 0 rings (SSSR count). The normalized spacial score (nSPS) is 12.1. The quantitative estimate of drug-likeness (QED) is 0.161. The molecule has 0 N–H and O–H groups in total. The van der Waals surface area contributed by atoms with Crippen LogP contribution in [-0.4, -0.2) is 69.4 Å². The Morgan fingerprint density at radius 3 is 0.293 bits per heavy atom. The fourth-order valence-electron chi connectivity index (χ4n) is 0.490. The zero-order chi connectivity index (χ0) is 30.8. The predicted octanol–water partition coefficient (Wildman–Crippen LogP) is -14.9. The van der Waals surface area contributed by atoms with Gasteiger partial charge in [-0.1, -0.05) is 0 Å². The van der Waals surface area contributed by atoms with Crippen molar-refractivity contribution in [2.75, 3.05) is 0 Å². The van der Waals surface area contributed by atoms with E-state index in [0.717, 1.165) is 0 Å². The van der Waals surface area contributed by atoms with Crippen LogP contribution in [0.3, 0.4) is 0 Å². The van der Waals surface area contributed by atoms with Crippen LogP contribution in [-0.2, 0) is 80.0 Å². The van der Waals surface area contributed by atoms with E-state index in [9.17, 15) is 115 Å². The Morgan fingerprint density at radius 1 is 0.244 bits per heavy atom. The second kappa shape index (κ2) is 26.0. The Labute approximate surface area is 288 Å². The van der Waals surface area contributed by atoms with Gasteiger partial charge in [0.15, 0.2) is 0 Å². The first-order valence-electron chi connectivity index (χ1n) is 5.84. The maximum absolute atomic E-state index is 9.32. The van der Waals surface area contributed by atoms with E-state index in [2.05, 4.69) is 17.2 Å². The maximum atomic E-state index is 9.32. The molecule has 0 bridgehead atoms. The molecule has 0 radical (unpaired) electrons. The Hall–Kier alpha value is 4.05. The third-order valence-electron chi connectivity index (χ3n) is 0.800.